The lowest BCUT2D eigenvalue weighted by Crippen LogP contribution is -2.08. The van der Waals surface area contributed by atoms with Crippen LogP contribution >= 0.6 is 11.6 Å². The van der Waals surface area contributed by atoms with Crippen molar-refractivity contribution in [2.45, 2.75) is 0 Å². The molecule has 0 bridgehead atoms. The van der Waals surface area contributed by atoms with E-state index in [4.69, 9.17) is 16.0 Å². The third-order valence-electron chi connectivity index (χ3n) is 4.50. The summed E-state index contributed by atoms with van der Waals surface area (Å²) < 4.78 is 19.0. The van der Waals surface area contributed by atoms with Gasteiger partial charge in [-0.3, -0.25) is 4.79 Å². The van der Waals surface area contributed by atoms with E-state index in [9.17, 15) is 9.18 Å². The fourth-order valence-electron chi connectivity index (χ4n) is 3.04. The van der Waals surface area contributed by atoms with Crippen molar-refractivity contribution < 1.29 is 13.6 Å². The van der Waals surface area contributed by atoms with Crippen LogP contribution < -0.4 is 5.32 Å². The van der Waals surface area contributed by atoms with Gasteiger partial charge in [0, 0.05) is 22.9 Å². The smallest absolute Gasteiger partial charge is 0.248 e. The Hall–Kier alpha value is -3.63. The van der Waals surface area contributed by atoms with Gasteiger partial charge in [-0.1, -0.05) is 60.1 Å². The number of benzene rings is 3. The minimum absolute atomic E-state index is 0.0254. The maximum atomic E-state index is 13.3. The van der Waals surface area contributed by atoms with Gasteiger partial charge < -0.3 is 9.73 Å². The highest BCUT2D eigenvalue weighted by molar-refractivity contribution is 6.31. The minimum atomic E-state index is -0.487. The molecule has 0 aliphatic rings. The van der Waals surface area contributed by atoms with Gasteiger partial charge in [-0.15, -0.1) is 0 Å². The Balaban J connectivity index is 1.48. The van der Waals surface area contributed by atoms with Crippen LogP contribution in [-0.4, -0.2) is 5.91 Å². The summed E-state index contributed by atoms with van der Waals surface area (Å²) in [7, 11) is 0. The van der Waals surface area contributed by atoms with Crippen LogP contribution in [0.2, 0.25) is 5.02 Å². The van der Waals surface area contributed by atoms with Gasteiger partial charge in [0.25, 0.3) is 0 Å². The quantitative estimate of drug-likeness (QED) is 0.353. The molecule has 0 aliphatic heterocycles. The first-order valence-electron chi connectivity index (χ1n) is 9.29. The average Bonchev–Trinajstić information content (AvgIpc) is 3.24. The number of rotatable bonds is 5. The SMILES string of the molecule is O=C(/C=C/c1ccc(-c2ccc(F)c(Cl)c2)o1)Nc1ccccc1-c1ccccc1. The molecule has 1 aromatic heterocycles. The van der Waals surface area contributed by atoms with E-state index in [0.717, 1.165) is 16.8 Å². The summed E-state index contributed by atoms with van der Waals surface area (Å²) >= 11 is 5.82. The van der Waals surface area contributed by atoms with Crippen LogP contribution in [0, 0.1) is 5.82 Å². The van der Waals surface area contributed by atoms with Crippen molar-refractivity contribution in [2.24, 2.45) is 0 Å². The van der Waals surface area contributed by atoms with Crippen LogP contribution in [0.4, 0.5) is 10.1 Å². The van der Waals surface area contributed by atoms with E-state index in [1.165, 1.54) is 18.2 Å². The number of furan rings is 1. The number of amides is 1. The van der Waals surface area contributed by atoms with Crippen molar-refractivity contribution in [3.63, 3.8) is 0 Å². The summed E-state index contributed by atoms with van der Waals surface area (Å²) in [4.78, 5) is 12.4. The lowest BCUT2D eigenvalue weighted by molar-refractivity contribution is -0.111. The molecule has 0 unspecified atom stereocenters. The Morgan fingerprint density at radius 2 is 1.67 bits per heavy atom. The summed E-state index contributed by atoms with van der Waals surface area (Å²) in [6.45, 7) is 0. The highest BCUT2D eigenvalue weighted by atomic mass is 35.5. The maximum Gasteiger partial charge on any atom is 0.248 e. The van der Waals surface area contributed by atoms with Crippen LogP contribution in [0.15, 0.2) is 95.4 Å². The number of hydrogen-bond donors (Lipinski definition) is 1. The van der Waals surface area contributed by atoms with E-state index in [0.29, 0.717) is 17.1 Å². The Kier molecular flexibility index (Phi) is 5.77. The van der Waals surface area contributed by atoms with Crippen LogP contribution in [0.1, 0.15) is 5.76 Å². The largest absolute Gasteiger partial charge is 0.457 e. The van der Waals surface area contributed by atoms with Crippen molar-refractivity contribution >= 4 is 29.3 Å². The molecule has 3 aromatic carbocycles. The van der Waals surface area contributed by atoms with Crippen LogP contribution in [0.3, 0.4) is 0 Å². The Morgan fingerprint density at radius 3 is 2.47 bits per heavy atom. The standard InChI is InChI=1S/C25H17ClFNO2/c26-21-16-18(10-13-22(21)27)24-14-11-19(30-24)12-15-25(29)28-23-9-5-4-8-20(23)17-6-2-1-3-7-17/h1-16H,(H,28,29)/b15-12+. The van der Waals surface area contributed by atoms with Crippen LogP contribution in [-0.2, 0) is 4.79 Å². The van der Waals surface area contributed by atoms with Crippen LogP contribution in [0.25, 0.3) is 28.5 Å². The number of hydrogen-bond acceptors (Lipinski definition) is 2. The van der Waals surface area contributed by atoms with Crippen molar-refractivity contribution in [2.75, 3.05) is 5.32 Å². The molecule has 148 valence electrons. The molecule has 0 saturated heterocycles. The van der Waals surface area contributed by atoms with Gasteiger partial charge in [-0.2, -0.15) is 0 Å². The van der Waals surface area contributed by atoms with E-state index in [1.54, 1.807) is 24.3 Å². The van der Waals surface area contributed by atoms with E-state index < -0.39 is 5.82 Å². The molecule has 1 N–H and O–H groups in total. The van der Waals surface area contributed by atoms with E-state index in [2.05, 4.69) is 5.32 Å². The second-order valence-corrected chi connectivity index (χ2v) is 6.97. The lowest BCUT2D eigenvalue weighted by atomic mass is 10.0. The predicted octanol–water partition coefficient (Wildman–Crippen LogP) is 7.06. The van der Waals surface area contributed by atoms with Crippen molar-refractivity contribution in [1.29, 1.82) is 0 Å². The van der Waals surface area contributed by atoms with Gasteiger partial charge in [-0.25, -0.2) is 4.39 Å². The highest BCUT2D eigenvalue weighted by Gasteiger charge is 2.08. The molecular formula is C25H17ClFNO2. The predicted molar refractivity (Wildman–Crippen MR) is 119 cm³/mol. The Labute approximate surface area is 178 Å². The Morgan fingerprint density at radius 1 is 0.900 bits per heavy atom. The van der Waals surface area contributed by atoms with E-state index in [1.807, 2.05) is 54.6 Å². The molecule has 4 rings (SSSR count). The fourth-order valence-corrected chi connectivity index (χ4v) is 3.22. The summed E-state index contributed by atoms with van der Waals surface area (Å²) in [6, 6.07) is 25.3. The molecule has 5 heteroatoms. The summed E-state index contributed by atoms with van der Waals surface area (Å²) in [5.74, 6) is 0.268. The van der Waals surface area contributed by atoms with Crippen LogP contribution in [0.5, 0.6) is 0 Å². The molecule has 0 aliphatic carbocycles. The number of para-hydroxylation sites is 1. The second-order valence-electron chi connectivity index (χ2n) is 6.57. The topological polar surface area (TPSA) is 42.2 Å². The van der Waals surface area contributed by atoms with Crippen molar-refractivity contribution in [1.82, 2.24) is 0 Å². The van der Waals surface area contributed by atoms with Gasteiger partial charge in [-0.05, 0) is 48.0 Å². The summed E-state index contributed by atoms with van der Waals surface area (Å²) in [5.41, 5.74) is 3.33. The number of nitrogens with one attached hydrogen (secondary N) is 1. The number of halogens is 2. The monoisotopic (exact) mass is 417 g/mol. The van der Waals surface area contributed by atoms with Gasteiger partial charge in [0.2, 0.25) is 5.91 Å². The molecule has 0 saturated carbocycles. The normalized spacial score (nSPS) is 11.0. The first kappa shape index (κ1) is 19.7. The fraction of sp³-hybridized carbons (Fsp3) is 0. The van der Waals surface area contributed by atoms with E-state index in [-0.39, 0.29) is 10.9 Å². The maximum absolute atomic E-state index is 13.3. The lowest BCUT2D eigenvalue weighted by Gasteiger charge is -2.09. The molecule has 0 radical (unpaired) electrons. The highest BCUT2D eigenvalue weighted by Crippen LogP contribution is 2.28. The molecule has 0 spiro atoms. The second kappa shape index (κ2) is 8.80. The molecular weight excluding hydrogens is 401 g/mol. The molecule has 3 nitrogen and oxygen atoms in total. The first-order chi connectivity index (χ1) is 14.6. The first-order valence-corrected chi connectivity index (χ1v) is 9.67. The van der Waals surface area contributed by atoms with Gasteiger partial charge in [0.1, 0.15) is 17.3 Å². The van der Waals surface area contributed by atoms with Gasteiger partial charge in [0.15, 0.2) is 0 Å². The molecule has 1 amide bonds. The molecule has 4 aromatic rings. The zero-order valence-corrected chi connectivity index (χ0v) is 16.6. The summed E-state index contributed by atoms with van der Waals surface area (Å²) in [5, 5.41) is 2.93. The number of anilines is 1. The van der Waals surface area contributed by atoms with E-state index >= 15 is 0 Å². The zero-order chi connectivity index (χ0) is 20.9. The molecule has 0 atom stereocenters. The minimum Gasteiger partial charge on any atom is -0.457 e. The summed E-state index contributed by atoms with van der Waals surface area (Å²) in [6.07, 6.45) is 2.98. The van der Waals surface area contributed by atoms with Crippen molar-refractivity contribution in [3.8, 4) is 22.5 Å². The third kappa shape index (κ3) is 4.50. The molecule has 1 heterocycles. The molecule has 0 fully saturated rings. The average molecular weight is 418 g/mol. The molecule has 30 heavy (non-hydrogen) atoms. The zero-order valence-electron chi connectivity index (χ0n) is 15.8. The number of carbonyl (C=O) groups excluding carboxylic acids is 1. The van der Waals surface area contributed by atoms with Gasteiger partial charge >= 0.3 is 0 Å². The van der Waals surface area contributed by atoms with Gasteiger partial charge in [0.05, 0.1) is 5.02 Å². The Bertz CT molecular complexity index is 1210. The number of carbonyl (C=O) groups is 1. The van der Waals surface area contributed by atoms with Crippen molar-refractivity contribution in [3.05, 3.63) is 108 Å². The third-order valence-corrected chi connectivity index (χ3v) is 4.79.